The Hall–Kier alpha value is -8.14. The summed E-state index contributed by atoms with van der Waals surface area (Å²) in [5.41, 5.74) is 6.85. The number of carbonyl (C=O) groups is 6. The third-order valence-corrected chi connectivity index (χ3v) is 11.5. The number of hydrogen-bond acceptors (Lipinski definition) is 12. The molecular formula is C54H62F2N6O13. The number of carboxylic acids is 4. The number of aliphatic carboxylic acids is 4. The van der Waals surface area contributed by atoms with Gasteiger partial charge in [0, 0.05) is 73.2 Å². The van der Waals surface area contributed by atoms with Gasteiger partial charge >= 0.3 is 23.9 Å². The van der Waals surface area contributed by atoms with Crippen LogP contribution in [0.4, 0.5) is 20.2 Å². The number of likely N-dealkylation sites (N-methyl/N-ethyl adjacent to an activating group) is 2. The summed E-state index contributed by atoms with van der Waals surface area (Å²) in [6.07, 6.45) is 6.58. The lowest BCUT2D eigenvalue weighted by Gasteiger charge is -2.33. The van der Waals surface area contributed by atoms with E-state index in [1.165, 1.54) is 34.3 Å². The molecule has 0 fully saturated rings. The molecule has 6 N–H and O–H groups in total. The minimum Gasteiger partial charge on any atom is -0.489 e. The molecule has 0 radical (unpaired) electrons. The van der Waals surface area contributed by atoms with E-state index in [2.05, 4.69) is 20.0 Å². The number of amides is 2. The quantitative estimate of drug-likeness (QED) is 0.101. The van der Waals surface area contributed by atoms with Crippen LogP contribution in [0.2, 0.25) is 0 Å². The molecule has 0 bridgehead atoms. The van der Waals surface area contributed by atoms with Gasteiger partial charge in [-0.15, -0.1) is 0 Å². The molecule has 4 unspecified atom stereocenters. The maximum atomic E-state index is 13.8. The van der Waals surface area contributed by atoms with E-state index in [1.807, 2.05) is 103 Å². The molecule has 0 saturated heterocycles. The highest BCUT2D eigenvalue weighted by atomic mass is 19.1. The number of hydrazone groups is 2. The van der Waals surface area contributed by atoms with Crippen molar-refractivity contribution in [3.8, 4) is 11.5 Å². The largest absolute Gasteiger partial charge is 0.489 e. The van der Waals surface area contributed by atoms with Crippen molar-refractivity contribution in [3.05, 3.63) is 143 Å². The van der Waals surface area contributed by atoms with Crippen molar-refractivity contribution in [2.45, 2.75) is 64.6 Å². The van der Waals surface area contributed by atoms with Gasteiger partial charge in [-0.05, 0) is 152 Å². The van der Waals surface area contributed by atoms with Gasteiger partial charge in [0.2, 0.25) is 11.8 Å². The lowest BCUT2D eigenvalue weighted by Crippen LogP contribution is -2.39. The molecule has 4 aliphatic rings. The van der Waals surface area contributed by atoms with E-state index < -0.39 is 23.9 Å². The van der Waals surface area contributed by atoms with Gasteiger partial charge in [-0.1, -0.05) is 12.1 Å². The van der Waals surface area contributed by atoms with Crippen LogP contribution < -0.4 is 19.5 Å². The third kappa shape index (κ3) is 18.1. The van der Waals surface area contributed by atoms with Gasteiger partial charge in [0.05, 0.1) is 22.8 Å². The maximum Gasteiger partial charge on any atom is 0.328 e. The van der Waals surface area contributed by atoms with E-state index in [4.69, 9.17) is 29.9 Å². The van der Waals surface area contributed by atoms with Crippen molar-refractivity contribution >= 4 is 58.5 Å². The number of ether oxygens (including phenoxy) is 2. The molecule has 21 heteroatoms. The minimum atomic E-state index is -1.26. The summed E-state index contributed by atoms with van der Waals surface area (Å²) in [7, 11) is 8.03. The summed E-state index contributed by atoms with van der Waals surface area (Å²) in [5.74, 6) is -4.02. The van der Waals surface area contributed by atoms with E-state index in [9.17, 15) is 37.5 Å². The normalized spacial score (nSPS) is 17.1. The van der Waals surface area contributed by atoms with Crippen molar-refractivity contribution in [1.82, 2.24) is 9.80 Å². The smallest absolute Gasteiger partial charge is 0.328 e. The van der Waals surface area contributed by atoms with Crippen molar-refractivity contribution in [2.75, 3.05) is 51.3 Å². The number of benzene rings is 4. The van der Waals surface area contributed by atoms with Crippen LogP contribution in [0, 0.1) is 23.5 Å². The van der Waals surface area contributed by atoms with Crippen molar-refractivity contribution in [1.29, 1.82) is 0 Å². The Morgan fingerprint density at radius 3 is 1.20 bits per heavy atom. The first-order chi connectivity index (χ1) is 35.1. The van der Waals surface area contributed by atoms with Gasteiger partial charge in [-0.2, -0.15) is 10.2 Å². The number of halogens is 2. The molecule has 0 saturated carbocycles. The molecule has 2 amide bonds. The van der Waals surface area contributed by atoms with Gasteiger partial charge in [0.15, 0.2) is 0 Å². The van der Waals surface area contributed by atoms with Gasteiger partial charge < -0.3 is 45.2 Å². The average molecular weight is 1040 g/mol. The van der Waals surface area contributed by atoms with Crippen LogP contribution in [0.3, 0.4) is 0 Å². The van der Waals surface area contributed by atoms with Crippen LogP contribution in [0.25, 0.3) is 0 Å². The number of fused-ring (bicyclic) bond motifs is 6. The zero-order chi connectivity index (χ0) is 54.2. The fourth-order valence-corrected chi connectivity index (χ4v) is 8.56. The third-order valence-electron chi connectivity index (χ3n) is 11.5. The first kappa shape index (κ1) is 59.4. The Bertz CT molecular complexity index is 2580. The summed E-state index contributed by atoms with van der Waals surface area (Å²) in [5, 5.41) is 43.4. The summed E-state index contributed by atoms with van der Waals surface area (Å²) in [6, 6.07) is 24.5. The van der Waals surface area contributed by atoms with E-state index in [1.54, 1.807) is 0 Å². The molecule has 4 aromatic rings. The Kier molecular flexibility index (Phi) is 22.0. The highest BCUT2D eigenvalue weighted by Gasteiger charge is 2.36. The Balaban J connectivity index is 0.000000250. The molecule has 8 rings (SSSR count). The zero-order valence-electron chi connectivity index (χ0n) is 42.4. The molecule has 400 valence electrons. The van der Waals surface area contributed by atoms with Crippen molar-refractivity contribution in [2.24, 2.45) is 22.0 Å². The SMILES string of the molecule is CC(CN(C)C)Oc1ccc(N2N=C3c4cc(F)ccc4CCC3CC2=O)cc1.CC(CN(C)C)Oc1ccc(N2N=C3c4cc(F)ccc4CCC3CC2=O)cc1.O.O=C(O)C=CC(=O)O.O=C(O)C=CC(=O)O. The van der Waals surface area contributed by atoms with Crippen LogP contribution in [-0.4, -0.2) is 136 Å². The number of carbonyl (C=O) groups excluding carboxylic acids is 2. The molecule has 19 nitrogen and oxygen atoms in total. The van der Waals surface area contributed by atoms with Gasteiger partial charge in [-0.3, -0.25) is 9.59 Å². The predicted octanol–water partition coefficient (Wildman–Crippen LogP) is 6.31. The van der Waals surface area contributed by atoms with Crippen molar-refractivity contribution < 1.29 is 72.9 Å². The molecule has 0 aromatic heterocycles. The molecule has 4 atom stereocenters. The molecule has 4 aromatic carbocycles. The van der Waals surface area contributed by atoms with Crippen LogP contribution in [0.5, 0.6) is 11.5 Å². The number of rotatable bonds is 14. The van der Waals surface area contributed by atoms with Crippen LogP contribution in [-0.2, 0) is 41.6 Å². The minimum absolute atomic E-state index is 0. The standard InChI is InChI=1S/2C23H26FN3O2.2C4H4O4.H2O/c2*1-15(14-26(2)3)29-20-10-8-19(9-11-20)27-22(28)12-17-5-4-16-6-7-18(24)13-21(16)23(17)25-27;2*5-3(6)1-2-4(7)8;/h2*6-11,13,15,17H,4-5,12,14H2,1-3H3;2*1-2H,(H,5,6)(H,7,8);1H2. The summed E-state index contributed by atoms with van der Waals surface area (Å²) in [6.45, 7) is 5.68. The lowest BCUT2D eigenvalue weighted by atomic mass is 9.79. The molecule has 75 heavy (non-hydrogen) atoms. The molecular weight excluding hydrogens is 979 g/mol. The molecule has 2 aliphatic heterocycles. The zero-order valence-corrected chi connectivity index (χ0v) is 42.4. The number of nitrogens with zero attached hydrogens (tertiary/aromatic N) is 6. The van der Waals surface area contributed by atoms with Gasteiger partial charge in [-0.25, -0.2) is 38.0 Å². The number of anilines is 2. The fourth-order valence-electron chi connectivity index (χ4n) is 8.56. The molecule has 2 heterocycles. The number of hydrogen-bond donors (Lipinski definition) is 4. The van der Waals surface area contributed by atoms with E-state index >= 15 is 0 Å². The predicted molar refractivity (Wildman–Crippen MR) is 276 cm³/mol. The topological polar surface area (TPSA) is 271 Å². The summed E-state index contributed by atoms with van der Waals surface area (Å²) < 4.78 is 39.5. The van der Waals surface area contributed by atoms with Crippen LogP contribution in [0.15, 0.2) is 119 Å². The Morgan fingerprint density at radius 1 is 0.587 bits per heavy atom. The maximum absolute atomic E-state index is 13.8. The van der Waals surface area contributed by atoms with E-state index in [0.29, 0.717) is 48.5 Å². The Morgan fingerprint density at radius 2 is 0.907 bits per heavy atom. The summed E-state index contributed by atoms with van der Waals surface area (Å²) >= 11 is 0. The second-order valence-electron chi connectivity index (χ2n) is 18.3. The summed E-state index contributed by atoms with van der Waals surface area (Å²) in [4.78, 5) is 67.8. The van der Waals surface area contributed by atoms with E-state index in [-0.39, 0.29) is 53.0 Å². The highest BCUT2D eigenvalue weighted by molar-refractivity contribution is 6.12. The average Bonchev–Trinajstić information content (AvgIpc) is 3.33. The molecule has 2 aliphatic carbocycles. The number of aryl methyl sites for hydroxylation is 2. The van der Waals surface area contributed by atoms with Crippen molar-refractivity contribution in [3.63, 3.8) is 0 Å². The van der Waals surface area contributed by atoms with Gasteiger partial charge in [0.25, 0.3) is 0 Å². The molecule has 0 spiro atoms. The van der Waals surface area contributed by atoms with Crippen LogP contribution >= 0.6 is 0 Å². The number of carboxylic acid groups (broad SMARTS) is 4. The van der Waals surface area contributed by atoms with Gasteiger partial charge in [0.1, 0.15) is 35.3 Å². The first-order valence-electron chi connectivity index (χ1n) is 23.6. The monoisotopic (exact) mass is 1040 g/mol. The second-order valence-corrected chi connectivity index (χ2v) is 18.3. The first-order valence-corrected chi connectivity index (χ1v) is 23.6. The fraction of sp³-hybridized carbons (Fsp3) is 0.333. The second kappa shape index (κ2) is 27.8. The highest BCUT2D eigenvalue weighted by Crippen LogP contribution is 2.36. The lowest BCUT2D eigenvalue weighted by molar-refractivity contribution is -0.134. The van der Waals surface area contributed by atoms with E-state index in [0.717, 1.165) is 83.9 Å². The Labute approximate surface area is 432 Å². The van der Waals surface area contributed by atoms with Crippen LogP contribution in [0.1, 0.15) is 61.8 Å².